The molecule has 10 unspecified atom stereocenters. The van der Waals surface area contributed by atoms with Crippen molar-refractivity contribution in [3.05, 3.63) is 11.8 Å². The van der Waals surface area contributed by atoms with Gasteiger partial charge in [0, 0.05) is 12.3 Å². The third-order valence-electron chi connectivity index (χ3n) is 6.40. The lowest BCUT2D eigenvalue weighted by Crippen LogP contribution is -2.59. The molecule has 2 aliphatic heterocycles. The van der Waals surface area contributed by atoms with Gasteiger partial charge in [0.1, 0.15) is 24.4 Å². The van der Waals surface area contributed by atoms with Gasteiger partial charge in [0.05, 0.1) is 25.6 Å². The second kappa shape index (κ2) is 10.1. The van der Waals surface area contributed by atoms with Gasteiger partial charge in [0.2, 0.25) is 6.29 Å². The fraction of sp³-hybridized carbons (Fsp3) is 0.857. The highest BCUT2D eigenvalue weighted by atomic mass is 16.7. The highest BCUT2D eigenvalue weighted by molar-refractivity contribution is 5.69. The molecule has 3 rings (SSSR count). The smallest absolute Gasteiger partial charge is 0.309 e. The molecule has 0 aromatic heterocycles. The van der Waals surface area contributed by atoms with Crippen molar-refractivity contribution in [3.8, 4) is 0 Å². The minimum atomic E-state index is -1.53. The third-order valence-corrected chi connectivity index (χ3v) is 6.40. The molecule has 0 aromatic carbocycles. The summed E-state index contributed by atoms with van der Waals surface area (Å²) < 4.78 is 22.2. The Morgan fingerprint density at radius 2 is 1.87 bits per heavy atom. The Bertz CT molecular complexity index is 650. The molecule has 0 aromatic rings. The first-order valence-corrected chi connectivity index (χ1v) is 10.8. The van der Waals surface area contributed by atoms with E-state index in [0.29, 0.717) is 12.0 Å². The lowest BCUT2D eigenvalue weighted by atomic mass is 9.83. The van der Waals surface area contributed by atoms with Crippen LogP contribution in [0.3, 0.4) is 0 Å². The number of rotatable bonds is 7. The third kappa shape index (κ3) is 5.22. The first-order valence-electron chi connectivity index (χ1n) is 10.8. The minimum absolute atomic E-state index is 0.0318. The highest BCUT2D eigenvalue weighted by Crippen LogP contribution is 2.47. The van der Waals surface area contributed by atoms with E-state index in [0.717, 1.165) is 0 Å². The van der Waals surface area contributed by atoms with Gasteiger partial charge in [0.25, 0.3) is 0 Å². The van der Waals surface area contributed by atoms with Crippen molar-refractivity contribution in [1.29, 1.82) is 0 Å². The first-order chi connectivity index (χ1) is 14.6. The van der Waals surface area contributed by atoms with Crippen LogP contribution >= 0.6 is 0 Å². The van der Waals surface area contributed by atoms with E-state index < -0.39 is 49.7 Å². The monoisotopic (exact) mass is 446 g/mol. The van der Waals surface area contributed by atoms with Gasteiger partial charge in [-0.1, -0.05) is 20.8 Å². The minimum Gasteiger partial charge on any atom is -0.462 e. The van der Waals surface area contributed by atoms with Crippen molar-refractivity contribution >= 4 is 5.97 Å². The second-order valence-electron chi connectivity index (χ2n) is 9.14. The summed E-state index contributed by atoms with van der Waals surface area (Å²) in [5.41, 5.74) is 0.696. The number of carbonyl (C=O) groups is 1. The van der Waals surface area contributed by atoms with Gasteiger partial charge in [-0.2, -0.15) is 0 Å². The zero-order valence-corrected chi connectivity index (χ0v) is 18.0. The number of carbonyl (C=O) groups excluding carboxylic acids is 1. The Morgan fingerprint density at radius 3 is 2.52 bits per heavy atom. The van der Waals surface area contributed by atoms with E-state index in [4.69, 9.17) is 18.9 Å². The van der Waals surface area contributed by atoms with Gasteiger partial charge in [-0.3, -0.25) is 4.79 Å². The van der Waals surface area contributed by atoms with Gasteiger partial charge in [-0.05, 0) is 29.7 Å². The van der Waals surface area contributed by atoms with E-state index in [2.05, 4.69) is 0 Å². The molecule has 3 aliphatic rings. The largest absolute Gasteiger partial charge is 0.462 e. The molecule has 31 heavy (non-hydrogen) atoms. The van der Waals surface area contributed by atoms with Crippen LogP contribution in [0.4, 0.5) is 0 Å². The Balaban J connectivity index is 1.67. The lowest BCUT2D eigenvalue weighted by molar-refractivity contribution is -0.299. The van der Waals surface area contributed by atoms with Crippen LogP contribution in [0, 0.1) is 23.7 Å². The van der Waals surface area contributed by atoms with Crippen LogP contribution in [0.1, 0.15) is 33.6 Å². The van der Waals surface area contributed by atoms with E-state index >= 15 is 0 Å². The Hall–Kier alpha value is -1.27. The molecule has 0 amide bonds. The SMILES string of the molecule is CC(C)CC(=O)OC1OC=C(COC2OC(CO)C(O)C(O)C2O)C2CC(O)C(C)C12. The standard InChI is InChI=1S/C21H34O10/c1-9(2)4-15(24)31-20-16-10(3)13(23)5-12(16)11(7-28-20)8-29-21-19(27)18(26)17(25)14(6-22)30-21/h7,9-10,12-14,16-23,25-27H,4-6,8H2,1-3H3. The number of hydrogen-bond acceptors (Lipinski definition) is 10. The maximum absolute atomic E-state index is 12.1. The number of hydrogen-bond donors (Lipinski definition) is 5. The predicted molar refractivity (Wildman–Crippen MR) is 105 cm³/mol. The van der Waals surface area contributed by atoms with Crippen LogP contribution in [-0.2, 0) is 23.7 Å². The Morgan fingerprint density at radius 1 is 1.16 bits per heavy atom. The summed E-state index contributed by atoms with van der Waals surface area (Å²) in [5, 5.41) is 49.7. The van der Waals surface area contributed by atoms with Gasteiger partial charge in [-0.25, -0.2) is 0 Å². The molecule has 0 spiro atoms. The number of ether oxygens (including phenoxy) is 4. The molecule has 1 saturated heterocycles. The van der Waals surface area contributed by atoms with E-state index in [1.54, 1.807) is 0 Å². The average molecular weight is 446 g/mol. The molecular weight excluding hydrogens is 412 g/mol. The number of fused-ring (bicyclic) bond motifs is 1. The fourth-order valence-corrected chi connectivity index (χ4v) is 4.57. The number of esters is 1. The molecule has 1 saturated carbocycles. The van der Waals surface area contributed by atoms with Crippen molar-refractivity contribution in [2.45, 2.75) is 76.7 Å². The van der Waals surface area contributed by atoms with E-state index in [1.165, 1.54) is 6.26 Å². The molecule has 2 heterocycles. The summed E-state index contributed by atoms with van der Waals surface area (Å²) in [6, 6.07) is 0. The Kier molecular flexibility index (Phi) is 7.95. The zero-order valence-electron chi connectivity index (χ0n) is 18.0. The van der Waals surface area contributed by atoms with Crippen molar-refractivity contribution in [2.75, 3.05) is 13.2 Å². The molecule has 10 nitrogen and oxygen atoms in total. The van der Waals surface area contributed by atoms with Crippen LogP contribution in [-0.4, -0.2) is 87.8 Å². The molecule has 10 heteroatoms. The van der Waals surface area contributed by atoms with Crippen LogP contribution < -0.4 is 0 Å². The quantitative estimate of drug-likeness (QED) is 0.316. The van der Waals surface area contributed by atoms with Gasteiger partial charge in [-0.15, -0.1) is 0 Å². The summed E-state index contributed by atoms with van der Waals surface area (Å²) in [5.74, 6) is -0.805. The predicted octanol–water partition coefficient (Wildman–Crippen LogP) is -0.734. The van der Waals surface area contributed by atoms with Crippen LogP contribution in [0.5, 0.6) is 0 Å². The summed E-state index contributed by atoms with van der Waals surface area (Å²) in [4.78, 5) is 12.1. The molecule has 178 valence electrons. The molecular formula is C21H34O10. The summed E-state index contributed by atoms with van der Waals surface area (Å²) in [6.07, 6.45) is -6.07. The number of aliphatic hydroxyl groups excluding tert-OH is 5. The van der Waals surface area contributed by atoms with Crippen molar-refractivity contribution in [1.82, 2.24) is 0 Å². The highest BCUT2D eigenvalue weighted by Gasteiger charge is 2.50. The van der Waals surface area contributed by atoms with Crippen molar-refractivity contribution in [3.63, 3.8) is 0 Å². The van der Waals surface area contributed by atoms with Crippen LogP contribution in [0.25, 0.3) is 0 Å². The van der Waals surface area contributed by atoms with Crippen molar-refractivity contribution in [2.24, 2.45) is 23.7 Å². The van der Waals surface area contributed by atoms with Gasteiger partial charge < -0.3 is 44.5 Å². The lowest BCUT2D eigenvalue weighted by Gasteiger charge is -2.40. The maximum Gasteiger partial charge on any atom is 0.309 e. The normalized spacial score (nSPS) is 42.7. The summed E-state index contributed by atoms with van der Waals surface area (Å²) in [6.45, 7) is 5.14. The van der Waals surface area contributed by atoms with Gasteiger partial charge >= 0.3 is 5.97 Å². The van der Waals surface area contributed by atoms with E-state index in [1.807, 2.05) is 20.8 Å². The van der Waals surface area contributed by atoms with Crippen LogP contribution in [0.2, 0.25) is 0 Å². The summed E-state index contributed by atoms with van der Waals surface area (Å²) >= 11 is 0. The number of aliphatic hydroxyl groups is 5. The molecule has 0 bridgehead atoms. The maximum atomic E-state index is 12.1. The topological polar surface area (TPSA) is 155 Å². The Labute approximate surface area is 181 Å². The van der Waals surface area contributed by atoms with Crippen molar-refractivity contribution < 1.29 is 49.3 Å². The summed E-state index contributed by atoms with van der Waals surface area (Å²) in [7, 11) is 0. The van der Waals surface area contributed by atoms with E-state index in [9.17, 15) is 30.3 Å². The average Bonchev–Trinajstić information content (AvgIpc) is 3.01. The van der Waals surface area contributed by atoms with Gasteiger partial charge in [0.15, 0.2) is 6.29 Å². The molecule has 2 fully saturated rings. The fourth-order valence-electron chi connectivity index (χ4n) is 4.57. The molecule has 1 aliphatic carbocycles. The first kappa shape index (κ1) is 24.4. The van der Waals surface area contributed by atoms with Crippen LogP contribution in [0.15, 0.2) is 11.8 Å². The molecule has 0 radical (unpaired) electrons. The zero-order chi connectivity index (χ0) is 22.9. The molecule has 5 N–H and O–H groups in total. The van der Waals surface area contributed by atoms with E-state index in [-0.39, 0.29) is 42.7 Å². The molecule has 10 atom stereocenters. The second-order valence-corrected chi connectivity index (χ2v) is 9.14.